The van der Waals surface area contributed by atoms with Gasteiger partial charge in [-0.1, -0.05) is 17.3 Å². The van der Waals surface area contributed by atoms with Crippen LogP contribution >= 0.6 is 0 Å². The van der Waals surface area contributed by atoms with Crippen LogP contribution in [0.1, 0.15) is 11.3 Å². The average Bonchev–Trinajstić information content (AvgIpc) is 2.85. The van der Waals surface area contributed by atoms with Crippen LogP contribution in [0.3, 0.4) is 0 Å². The van der Waals surface area contributed by atoms with Crippen LogP contribution in [0.2, 0.25) is 0 Å². The van der Waals surface area contributed by atoms with Crippen molar-refractivity contribution in [2.45, 2.75) is 13.3 Å². The molecule has 0 spiro atoms. The summed E-state index contributed by atoms with van der Waals surface area (Å²) in [7, 11) is 0. The largest absolute Gasteiger partial charge is 0.356 e. The first-order chi connectivity index (χ1) is 10.1. The van der Waals surface area contributed by atoms with E-state index in [9.17, 15) is 9.18 Å². The second-order valence-corrected chi connectivity index (χ2v) is 4.81. The molecule has 1 aromatic heterocycles. The zero-order valence-corrected chi connectivity index (χ0v) is 11.4. The summed E-state index contributed by atoms with van der Waals surface area (Å²) >= 11 is 0. The number of halogens is 1. The van der Waals surface area contributed by atoms with E-state index in [4.69, 9.17) is 4.52 Å². The van der Waals surface area contributed by atoms with Gasteiger partial charge in [0.1, 0.15) is 11.5 Å². The summed E-state index contributed by atoms with van der Waals surface area (Å²) in [5.74, 6) is -0.545. The highest BCUT2D eigenvalue weighted by atomic mass is 19.1. The lowest BCUT2D eigenvalue weighted by molar-refractivity contribution is -0.115. The molecule has 4 nitrogen and oxygen atoms in total. The van der Waals surface area contributed by atoms with Crippen LogP contribution in [-0.2, 0) is 11.2 Å². The number of anilines is 1. The van der Waals surface area contributed by atoms with Crippen molar-refractivity contribution in [3.05, 3.63) is 59.5 Å². The van der Waals surface area contributed by atoms with Crippen LogP contribution in [0.25, 0.3) is 11.0 Å². The minimum Gasteiger partial charge on any atom is -0.356 e. The van der Waals surface area contributed by atoms with Gasteiger partial charge in [-0.05, 0) is 42.8 Å². The molecule has 2 aromatic carbocycles. The Balaban J connectivity index is 1.77. The van der Waals surface area contributed by atoms with Crippen LogP contribution in [0.4, 0.5) is 10.1 Å². The fourth-order valence-electron chi connectivity index (χ4n) is 2.18. The van der Waals surface area contributed by atoms with Gasteiger partial charge in [-0.15, -0.1) is 0 Å². The van der Waals surface area contributed by atoms with E-state index in [1.807, 2.05) is 18.2 Å². The lowest BCUT2D eigenvalue weighted by atomic mass is 10.1. The summed E-state index contributed by atoms with van der Waals surface area (Å²) in [6, 6.07) is 11.6. The molecule has 1 amide bonds. The minimum absolute atomic E-state index is 0.105. The van der Waals surface area contributed by atoms with Crippen molar-refractivity contribution < 1.29 is 13.7 Å². The summed E-state index contributed by atoms with van der Waals surface area (Å²) < 4.78 is 18.2. The van der Waals surface area contributed by atoms with Gasteiger partial charge in [-0.25, -0.2) is 4.39 Å². The Hall–Kier alpha value is -2.69. The van der Waals surface area contributed by atoms with Crippen molar-refractivity contribution in [3.8, 4) is 0 Å². The molecule has 1 heterocycles. The third-order valence-electron chi connectivity index (χ3n) is 3.24. The van der Waals surface area contributed by atoms with E-state index < -0.39 is 0 Å². The number of para-hydroxylation sites is 1. The molecule has 3 rings (SSSR count). The Morgan fingerprint density at radius 1 is 1.29 bits per heavy atom. The van der Waals surface area contributed by atoms with Crippen molar-refractivity contribution in [3.63, 3.8) is 0 Å². The van der Waals surface area contributed by atoms with Gasteiger partial charge in [0.05, 0.1) is 6.42 Å². The third-order valence-corrected chi connectivity index (χ3v) is 3.24. The van der Waals surface area contributed by atoms with E-state index in [1.54, 1.807) is 19.1 Å². The van der Waals surface area contributed by atoms with Gasteiger partial charge >= 0.3 is 0 Å². The Bertz CT molecular complexity index is 811. The number of aryl methyl sites for hydroxylation is 1. The van der Waals surface area contributed by atoms with Crippen molar-refractivity contribution >= 4 is 22.6 Å². The maximum Gasteiger partial charge on any atom is 0.230 e. The molecule has 0 bridgehead atoms. The fraction of sp³-hybridized carbons (Fsp3) is 0.125. The Labute approximate surface area is 120 Å². The molecule has 0 aliphatic rings. The van der Waals surface area contributed by atoms with E-state index in [0.29, 0.717) is 22.5 Å². The summed E-state index contributed by atoms with van der Waals surface area (Å²) in [6.45, 7) is 1.74. The summed E-state index contributed by atoms with van der Waals surface area (Å²) in [5, 5.41) is 7.49. The summed E-state index contributed by atoms with van der Waals surface area (Å²) in [5.41, 5.74) is 2.50. The second-order valence-electron chi connectivity index (χ2n) is 4.81. The number of carbonyl (C=O) groups excluding carboxylic acids is 1. The number of carbonyl (C=O) groups is 1. The van der Waals surface area contributed by atoms with Gasteiger partial charge in [0.2, 0.25) is 5.91 Å². The van der Waals surface area contributed by atoms with Crippen molar-refractivity contribution in [1.82, 2.24) is 5.16 Å². The number of nitrogens with one attached hydrogen (secondary N) is 1. The molecule has 0 fully saturated rings. The van der Waals surface area contributed by atoms with E-state index in [0.717, 1.165) is 5.39 Å². The Kier molecular flexibility index (Phi) is 3.39. The maximum atomic E-state index is 13.0. The first kappa shape index (κ1) is 13.3. The van der Waals surface area contributed by atoms with E-state index >= 15 is 0 Å². The van der Waals surface area contributed by atoms with E-state index in [1.165, 1.54) is 12.1 Å². The normalized spacial score (nSPS) is 10.8. The lowest BCUT2D eigenvalue weighted by Gasteiger charge is -2.07. The van der Waals surface area contributed by atoms with E-state index in [-0.39, 0.29) is 18.1 Å². The molecule has 0 radical (unpaired) electrons. The zero-order chi connectivity index (χ0) is 14.8. The number of benzene rings is 2. The maximum absolute atomic E-state index is 13.0. The number of hydrogen-bond acceptors (Lipinski definition) is 3. The summed E-state index contributed by atoms with van der Waals surface area (Å²) in [4.78, 5) is 12.1. The van der Waals surface area contributed by atoms with Gasteiger partial charge in [0.25, 0.3) is 0 Å². The zero-order valence-electron chi connectivity index (χ0n) is 11.4. The first-order valence-corrected chi connectivity index (χ1v) is 6.53. The molecule has 1 N–H and O–H groups in total. The SMILES string of the molecule is Cc1cc(F)ccc1NC(=O)Cc1noc2ccccc12. The molecular formula is C16H13FN2O2. The topological polar surface area (TPSA) is 55.1 Å². The highest BCUT2D eigenvalue weighted by Crippen LogP contribution is 2.20. The predicted molar refractivity (Wildman–Crippen MR) is 77.5 cm³/mol. The number of fused-ring (bicyclic) bond motifs is 1. The minimum atomic E-state index is -0.326. The number of hydrogen-bond donors (Lipinski definition) is 1. The van der Waals surface area contributed by atoms with Crippen molar-refractivity contribution in [1.29, 1.82) is 0 Å². The van der Waals surface area contributed by atoms with Gasteiger partial charge in [-0.2, -0.15) is 0 Å². The molecule has 0 aliphatic carbocycles. The second kappa shape index (κ2) is 5.36. The van der Waals surface area contributed by atoms with Crippen molar-refractivity contribution in [2.75, 3.05) is 5.32 Å². The molecule has 0 aliphatic heterocycles. The number of nitrogens with zero attached hydrogens (tertiary/aromatic N) is 1. The van der Waals surface area contributed by atoms with Crippen LogP contribution in [-0.4, -0.2) is 11.1 Å². The molecule has 0 atom stereocenters. The van der Waals surface area contributed by atoms with E-state index in [2.05, 4.69) is 10.5 Å². The van der Waals surface area contributed by atoms with Crippen molar-refractivity contribution in [2.24, 2.45) is 0 Å². The van der Waals surface area contributed by atoms with Gasteiger partial charge < -0.3 is 9.84 Å². The molecular weight excluding hydrogens is 271 g/mol. The lowest BCUT2D eigenvalue weighted by Crippen LogP contribution is -2.15. The highest BCUT2D eigenvalue weighted by molar-refractivity contribution is 5.95. The Morgan fingerprint density at radius 2 is 2.10 bits per heavy atom. The van der Waals surface area contributed by atoms with Gasteiger partial charge in [-0.3, -0.25) is 4.79 Å². The molecule has 0 saturated carbocycles. The molecule has 5 heteroatoms. The Morgan fingerprint density at radius 3 is 2.90 bits per heavy atom. The predicted octanol–water partition coefficient (Wildman–Crippen LogP) is 3.46. The summed E-state index contributed by atoms with van der Waals surface area (Å²) in [6.07, 6.45) is 0.105. The fourth-order valence-corrected chi connectivity index (χ4v) is 2.18. The quantitative estimate of drug-likeness (QED) is 0.801. The highest BCUT2D eigenvalue weighted by Gasteiger charge is 2.13. The third kappa shape index (κ3) is 2.76. The van der Waals surface area contributed by atoms with Crippen LogP contribution in [0.15, 0.2) is 47.0 Å². The number of amides is 1. The molecule has 21 heavy (non-hydrogen) atoms. The molecule has 0 saturated heterocycles. The van der Waals surface area contributed by atoms with Crippen LogP contribution < -0.4 is 5.32 Å². The molecule has 106 valence electrons. The number of rotatable bonds is 3. The monoisotopic (exact) mass is 284 g/mol. The van der Waals surface area contributed by atoms with Gasteiger partial charge in [0.15, 0.2) is 5.58 Å². The molecule has 3 aromatic rings. The van der Waals surface area contributed by atoms with Crippen LogP contribution in [0, 0.1) is 12.7 Å². The van der Waals surface area contributed by atoms with Crippen LogP contribution in [0.5, 0.6) is 0 Å². The smallest absolute Gasteiger partial charge is 0.230 e. The number of aromatic nitrogens is 1. The average molecular weight is 284 g/mol. The first-order valence-electron chi connectivity index (χ1n) is 6.53. The molecule has 0 unspecified atom stereocenters. The standard InChI is InChI=1S/C16H13FN2O2/c1-10-8-11(17)6-7-13(10)18-16(20)9-14-12-4-2-3-5-15(12)21-19-14/h2-8H,9H2,1H3,(H,18,20). The van der Waals surface area contributed by atoms with Gasteiger partial charge in [0, 0.05) is 11.1 Å².